The summed E-state index contributed by atoms with van der Waals surface area (Å²) in [7, 11) is 0. The number of unbranched alkanes of at least 4 members (excludes halogenated alkanes) is 1. The van der Waals surface area contributed by atoms with Gasteiger partial charge in [-0.25, -0.2) is 4.79 Å². The second-order valence-corrected chi connectivity index (χ2v) is 12.2. The highest BCUT2D eigenvalue weighted by Gasteiger charge is 2.36. The Morgan fingerprint density at radius 3 is 2.57 bits per heavy atom. The van der Waals surface area contributed by atoms with E-state index >= 15 is 0 Å². The molecule has 2 aromatic carbocycles. The van der Waals surface area contributed by atoms with Gasteiger partial charge in [-0.05, 0) is 63.3 Å². The number of nitrogens with one attached hydrogen (secondary N) is 4. The second-order valence-electron chi connectivity index (χ2n) is 12.2. The first-order valence-corrected chi connectivity index (χ1v) is 15.8. The van der Waals surface area contributed by atoms with Crippen LogP contribution in [0, 0.1) is 0 Å². The number of carboxylic acids is 2. The Morgan fingerprint density at radius 2 is 1.85 bits per heavy atom. The first-order valence-electron chi connectivity index (χ1n) is 15.8. The van der Waals surface area contributed by atoms with Gasteiger partial charge in [-0.15, -0.1) is 0 Å². The highest BCUT2D eigenvalue weighted by atomic mass is 16.5. The average molecular weight is 640 g/mol. The van der Waals surface area contributed by atoms with E-state index in [4.69, 9.17) is 4.74 Å². The minimum absolute atomic E-state index is 0.137. The minimum atomic E-state index is -1.10. The monoisotopic (exact) mass is 639 g/mol. The number of aliphatic carboxylic acids is 2. The molecule has 1 aromatic heterocycles. The van der Waals surface area contributed by atoms with Crippen molar-refractivity contribution >= 4 is 45.6 Å². The summed E-state index contributed by atoms with van der Waals surface area (Å²) < 4.78 is 5.96. The van der Waals surface area contributed by atoms with E-state index in [0.29, 0.717) is 56.6 Å². The molecule has 4 atom stereocenters. The molecule has 1 aliphatic rings. The molecule has 13 nitrogen and oxygen atoms in total. The van der Waals surface area contributed by atoms with E-state index in [1.165, 1.54) is 4.90 Å². The number of carboxylic acid groups (broad SMARTS) is 2. The third kappa shape index (κ3) is 8.74. The van der Waals surface area contributed by atoms with Crippen molar-refractivity contribution in [2.75, 3.05) is 26.2 Å². The topological polar surface area (TPSA) is 193 Å². The zero-order valence-electron chi connectivity index (χ0n) is 26.5. The number of rotatable bonds is 17. The summed E-state index contributed by atoms with van der Waals surface area (Å²) in [5.41, 5.74) is 2.08. The van der Waals surface area contributed by atoms with Crippen LogP contribution >= 0.6 is 0 Å². The molecule has 0 bridgehead atoms. The molecule has 0 aliphatic carbocycles. The van der Waals surface area contributed by atoms with Crippen molar-refractivity contribution in [3.05, 3.63) is 42.0 Å². The largest absolute Gasteiger partial charge is 0.490 e. The second kappa shape index (κ2) is 15.9. The Hall–Kier alpha value is -4.20. The van der Waals surface area contributed by atoms with Crippen LogP contribution in [0.25, 0.3) is 21.8 Å². The fourth-order valence-corrected chi connectivity index (χ4v) is 5.77. The van der Waals surface area contributed by atoms with Crippen LogP contribution in [-0.4, -0.2) is 105 Å². The van der Waals surface area contributed by atoms with E-state index in [9.17, 15) is 34.5 Å². The van der Waals surface area contributed by atoms with Crippen molar-refractivity contribution in [1.29, 1.82) is 0 Å². The van der Waals surface area contributed by atoms with Crippen LogP contribution in [0.5, 0.6) is 5.75 Å². The molecular weight excluding hydrogens is 594 g/mol. The summed E-state index contributed by atoms with van der Waals surface area (Å²) in [6.45, 7) is 6.80. The molecule has 0 unspecified atom stereocenters. The summed E-state index contributed by atoms with van der Waals surface area (Å²) in [5, 5.41) is 40.0. The predicted molar refractivity (Wildman–Crippen MR) is 173 cm³/mol. The zero-order chi connectivity index (χ0) is 33.4. The number of ether oxygens (including phenoxy) is 1. The molecule has 13 heteroatoms. The van der Waals surface area contributed by atoms with Gasteiger partial charge in [0.15, 0.2) is 0 Å². The van der Waals surface area contributed by atoms with E-state index in [1.54, 1.807) is 19.1 Å². The molecule has 2 heterocycles. The Labute approximate surface area is 267 Å². The van der Waals surface area contributed by atoms with Gasteiger partial charge in [0, 0.05) is 47.5 Å². The maximum atomic E-state index is 12.9. The highest BCUT2D eigenvalue weighted by Crippen LogP contribution is 2.33. The van der Waals surface area contributed by atoms with Crippen molar-refractivity contribution in [2.45, 2.75) is 83.1 Å². The molecule has 2 amide bonds. The number of carbonyl (C=O) groups excluding carboxylic acids is 2. The summed E-state index contributed by atoms with van der Waals surface area (Å²) in [4.78, 5) is 53.6. The number of fused-ring (bicyclic) bond motifs is 3. The summed E-state index contributed by atoms with van der Waals surface area (Å²) in [6, 6.07) is 8.56. The number of hydrogen-bond acceptors (Lipinski definition) is 8. The van der Waals surface area contributed by atoms with E-state index in [0.717, 1.165) is 21.8 Å². The molecule has 1 fully saturated rings. The lowest BCUT2D eigenvalue weighted by molar-refractivity contribution is -0.149. The van der Waals surface area contributed by atoms with Crippen LogP contribution in [0.4, 0.5) is 0 Å². The molecule has 1 aliphatic heterocycles. The highest BCUT2D eigenvalue weighted by molar-refractivity contribution is 6.12. The van der Waals surface area contributed by atoms with E-state index in [2.05, 4.69) is 20.9 Å². The number of aliphatic hydroxyl groups excluding tert-OH is 1. The lowest BCUT2D eigenvalue weighted by Crippen LogP contribution is -2.53. The van der Waals surface area contributed by atoms with Crippen LogP contribution in [-0.2, 0) is 14.4 Å². The van der Waals surface area contributed by atoms with Crippen LogP contribution in [0.3, 0.4) is 0 Å². The summed E-state index contributed by atoms with van der Waals surface area (Å²) >= 11 is 0. The fraction of sp³-hybridized carbons (Fsp3) is 0.515. The molecular formula is C33H45N5O8. The first kappa shape index (κ1) is 34.7. The third-order valence-corrected chi connectivity index (χ3v) is 8.19. The molecule has 0 saturated carbocycles. The van der Waals surface area contributed by atoms with Crippen LogP contribution in [0.2, 0.25) is 0 Å². The molecule has 250 valence electrons. The maximum Gasteiger partial charge on any atom is 0.326 e. The number of likely N-dealkylation sites (tertiary alicyclic amines) is 1. The maximum absolute atomic E-state index is 12.9. The van der Waals surface area contributed by atoms with Crippen LogP contribution < -0.4 is 20.7 Å². The Bertz CT molecular complexity index is 1540. The van der Waals surface area contributed by atoms with Gasteiger partial charge in [-0.2, -0.15) is 0 Å². The van der Waals surface area contributed by atoms with E-state index < -0.39 is 42.1 Å². The van der Waals surface area contributed by atoms with E-state index in [-0.39, 0.29) is 25.0 Å². The molecule has 3 aromatic rings. The number of amides is 2. The predicted octanol–water partition coefficient (Wildman–Crippen LogP) is 2.47. The number of carbonyl (C=O) groups is 4. The van der Waals surface area contributed by atoms with Gasteiger partial charge < -0.3 is 40.6 Å². The van der Waals surface area contributed by atoms with E-state index in [1.807, 2.05) is 38.1 Å². The van der Waals surface area contributed by atoms with Crippen molar-refractivity contribution in [1.82, 2.24) is 25.8 Å². The molecule has 4 rings (SSSR count). The lowest BCUT2D eigenvalue weighted by Gasteiger charge is -2.27. The number of aromatic amines is 1. The fourth-order valence-electron chi connectivity index (χ4n) is 5.77. The Morgan fingerprint density at radius 1 is 1.07 bits per heavy atom. The smallest absolute Gasteiger partial charge is 0.326 e. The van der Waals surface area contributed by atoms with Gasteiger partial charge in [-0.3, -0.25) is 19.7 Å². The van der Waals surface area contributed by atoms with Crippen molar-refractivity contribution in [3.63, 3.8) is 0 Å². The summed E-state index contributed by atoms with van der Waals surface area (Å²) in [6.07, 6.45) is 1.57. The number of aromatic nitrogens is 1. The Balaban J connectivity index is 1.27. The molecule has 0 radical (unpaired) electrons. The molecule has 7 N–H and O–H groups in total. The van der Waals surface area contributed by atoms with Gasteiger partial charge in [0.2, 0.25) is 5.91 Å². The number of aliphatic hydroxyl groups is 1. The van der Waals surface area contributed by atoms with Gasteiger partial charge in [0.1, 0.15) is 30.5 Å². The average Bonchev–Trinajstić information content (AvgIpc) is 3.66. The molecule has 1 saturated heterocycles. The van der Waals surface area contributed by atoms with Crippen molar-refractivity contribution in [3.8, 4) is 5.75 Å². The zero-order valence-corrected chi connectivity index (χ0v) is 26.5. The SMILES string of the molecule is CC(C)NC[C@H](O)COc1cccc2[nH]c3cc(C(=O)NCCCC[C@@H](N[C@@H](C)C(=O)N4CCC[C@H]4C(=O)O)C(=O)O)ccc3c12. The molecule has 0 spiro atoms. The standard InChI is InChI=1S/C33H45N5O8/c1-19(2)35-17-22(39)18-46-28-11-6-9-24-29(28)23-13-12-21(16-26(23)37-24)30(40)34-14-5-4-8-25(32(42)43)36-20(3)31(41)38-15-7-10-27(38)33(44)45/h6,9,11-13,16,19-20,22,25,27,35-37,39H,4-5,7-8,10,14-15,17-18H2,1-3H3,(H,34,40)(H,42,43)(H,44,45)/t20-,22-,25+,27-/m0/s1. The van der Waals surface area contributed by atoms with Crippen molar-refractivity contribution < 1.29 is 39.2 Å². The quantitative estimate of drug-likeness (QED) is 0.108. The first-order chi connectivity index (χ1) is 22.0. The van der Waals surface area contributed by atoms with Crippen LogP contribution in [0.1, 0.15) is 63.2 Å². The molecule has 46 heavy (non-hydrogen) atoms. The van der Waals surface area contributed by atoms with Gasteiger partial charge in [0.25, 0.3) is 5.91 Å². The normalized spacial score (nSPS) is 16.9. The number of benzene rings is 2. The van der Waals surface area contributed by atoms with Gasteiger partial charge in [0.05, 0.1) is 11.6 Å². The summed E-state index contributed by atoms with van der Waals surface area (Å²) in [5.74, 6) is -2.20. The Kier molecular flexibility index (Phi) is 12.0. The van der Waals surface area contributed by atoms with Gasteiger partial charge in [-0.1, -0.05) is 26.0 Å². The van der Waals surface area contributed by atoms with Gasteiger partial charge >= 0.3 is 11.9 Å². The number of H-pyrrole nitrogens is 1. The van der Waals surface area contributed by atoms with Crippen molar-refractivity contribution in [2.24, 2.45) is 0 Å². The van der Waals surface area contributed by atoms with Crippen LogP contribution in [0.15, 0.2) is 36.4 Å². The third-order valence-electron chi connectivity index (χ3n) is 8.19. The minimum Gasteiger partial charge on any atom is -0.490 e. The lowest BCUT2D eigenvalue weighted by atomic mass is 10.1. The number of nitrogens with zero attached hydrogens (tertiary/aromatic N) is 1. The number of hydrogen-bond donors (Lipinski definition) is 7.